The fourth-order valence-corrected chi connectivity index (χ4v) is 3.30. The predicted octanol–water partition coefficient (Wildman–Crippen LogP) is 4.42. The van der Waals surface area contributed by atoms with Gasteiger partial charge in [0.05, 0.1) is 9.98 Å². The van der Waals surface area contributed by atoms with Gasteiger partial charge in [-0.05, 0) is 45.8 Å². The third-order valence-electron chi connectivity index (χ3n) is 3.47. The summed E-state index contributed by atoms with van der Waals surface area (Å²) in [5.41, 5.74) is 0.938. The van der Waals surface area contributed by atoms with E-state index in [4.69, 9.17) is 9.47 Å². The van der Waals surface area contributed by atoms with Crippen LogP contribution in [0.3, 0.4) is 0 Å². The Morgan fingerprint density at radius 1 is 1.14 bits per heavy atom. The molecule has 0 spiro atoms. The van der Waals surface area contributed by atoms with Crippen LogP contribution >= 0.6 is 27.3 Å². The van der Waals surface area contributed by atoms with Gasteiger partial charge in [-0.25, -0.2) is 14.2 Å². The maximum Gasteiger partial charge on any atom is 0.342 e. The fourth-order valence-electron chi connectivity index (χ4n) is 2.18. The number of nitrogens with zero attached hydrogens (tertiary/aromatic N) is 1. The monoisotopic (exact) mass is 464 g/mol. The van der Waals surface area contributed by atoms with Crippen LogP contribution in [0, 0.1) is 5.82 Å². The highest BCUT2D eigenvalue weighted by atomic mass is 79.9. The van der Waals surface area contributed by atoms with E-state index in [1.54, 1.807) is 36.5 Å². The van der Waals surface area contributed by atoms with Crippen LogP contribution < -0.4 is 10.1 Å². The average molecular weight is 465 g/mol. The van der Waals surface area contributed by atoms with Crippen LogP contribution in [0.25, 0.3) is 0 Å². The molecule has 0 fully saturated rings. The first-order valence-corrected chi connectivity index (χ1v) is 9.67. The molecule has 0 aliphatic carbocycles. The first kappa shape index (κ1) is 20.0. The van der Waals surface area contributed by atoms with Crippen LogP contribution in [0.2, 0.25) is 0 Å². The summed E-state index contributed by atoms with van der Waals surface area (Å²) >= 11 is 4.49. The van der Waals surface area contributed by atoms with Gasteiger partial charge in [0.2, 0.25) is 0 Å². The molecule has 1 amide bonds. The van der Waals surface area contributed by atoms with E-state index >= 15 is 0 Å². The zero-order valence-corrected chi connectivity index (χ0v) is 16.8. The zero-order valence-electron chi connectivity index (χ0n) is 14.4. The van der Waals surface area contributed by atoms with Crippen molar-refractivity contribution in [3.05, 3.63) is 75.5 Å². The molecule has 0 unspecified atom stereocenters. The highest BCUT2D eigenvalue weighted by Gasteiger charge is 2.16. The second-order valence-electron chi connectivity index (χ2n) is 5.51. The van der Waals surface area contributed by atoms with Gasteiger partial charge in [-0.3, -0.25) is 10.1 Å². The van der Waals surface area contributed by atoms with Gasteiger partial charge in [-0.1, -0.05) is 35.6 Å². The molecule has 1 N–H and O–H groups in total. The summed E-state index contributed by atoms with van der Waals surface area (Å²) < 4.78 is 24.5. The van der Waals surface area contributed by atoms with Gasteiger partial charge in [0.15, 0.2) is 11.7 Å². The molecule has 9 heteroatoms. The van der Waals surface area contributed by atoms with E-state index in [9.17, 15) is 14.0 Å². The molecule has 6 nitrogen and oxygen atoms in total. The van der Waals surface area contributed by atoms with E-state index in [0.717, 1.165) is 9.35 Å². The van der Waals surface area contributed by atoms with Gasteiger partial charge in [-0.2, -0.15) is 0 Å². The van der Waals surface area contributed by atoms with Gasteiger partial charge in [0, 0.05) is 0 Å². The van der Waals surface area contributed by atoms with Crippen molar-refractivity contribution in [2.45, 2.75) is 6.61 Å². The number of carbonyl (C=O) groups excluding carboxylic acids is 2. The molecule has 144 valence electrons. The molecular formula is C19H14BrFN2O4S. The van der Waals surface area contributed by atoms with Crippen molar-refractivity contribution in [1.29, 1.82) is 0 Å². The Morgan fingerprint density at radius 3 is 2.61 bits per heavy atom. The number of rotatable bonds is 7. The zero-order chi connectivity index (χ0) is 19.9. The maximum atomic E-state index is 13.0. The third-order valence-corrected chi connectivity index (χ3v) is 4.86. The average Bonchev–Trinajstić information content (AvgIpc) is 3.10. The molecular weight excluding hydrogens is 451 g/mol. The lowest BCUT2D eigenvalue weighted by atomic mass is 10.2. The second kappa shape index (κ2) is 9.43. The number of esters is 1. The summed E-state index contributed by atoms with van der Waals surface area (Å²) in [7, 11) is 0. The quantitative estimate of drug-likeness (QED) is 0.523. The number of carbonyl (C=O) groups is 2. The molecule has 2 aromatic carbocycles. The van der Waals surface area contributed by atoms with Crippen LogP contribution in [-0.4, -0.2) is 23.5 Å². The highest BCUT2D eigenvalue weighted by molar-refractivity contribution is 9.11. The van der Waals surface area contributed by atoms with Gasteiger partial charge in [0.1, 0.15) is 23.7 Å². The van der Waals surface area contributed by atoms with E-state index in [2.05, 4.69) is 26.2 Å². The molecule has 0 saturated carbocycles. The molecule has 0 atom stereocenters. The fraction of sp³-hybridized carbons (Fsp3) is 0.105. The second-order valence-corrected chi connectivity index (χ2v) is 7.92. The van der Waals surface area contributed by atoms with Gasteiger partial charge in [-0.15, -0.1) is 0 Å². The van der Waals surface area contributed by atoms with Crippen LogP contribution in [-0.2, 0) is 16.1 Å². The molecule has 1 heterocycles. The summed E-state index contributed by atoms with van der Waals surface area (Å²) in [6.07, 6.45) is 1.56. The van der Waals surface area contributed by atoms with Crippen molar-refractivity contribution in [2.24, 2.45) is 0 Å². The van der Waals surface area contributed by atoms with Crippen molar-refractivity contribution in [3.8, 4) is 5.75 Å². The molecule has 0 saturated heterocycles. The predicted molar refractivity (Wildman–Crippen MR) is 106 cm³/mol. The summed E-state index contributed by atoms with van der Waals surface area (Å²) in [5, 5.41) is 2.93. The minimum absolute atomic E-state index is 0.157. The SMILES string of the molecule is O=C(COC(=O)c1ccccc1OCc1ccc(F)cc1)Nc1ncc(Br)s1. The van der Waals surface area contributed by atoms with Crippen molar-refractivity contribution >= 4 is 44.3 Å². The minimum atomic E-state index is -0.690. The largest absolute Gasteiger partial charge is 0.488 e. The number of aromatic nitrogens is 1. The number of benzene rings is 2. The molecule has 0 bridgehead atoms. The lowest BCUT2D eigenvalue weighted by Crippen LogP contribution is -2.21. The number of halogens is 2. The Balaban J connectivity index is 1.57. The number of para-hydroxylation sites is 1. The molecule has 3 rings (SSSR count). The number of amides is 1. The molecule has 1 aromatic heterocycles. The Bertz CT molecular complexity index is 978. The molecule has 0 radical (unpaired) electrons. The Hall–Kier alpha value is -2.78. The van der Waals surface area contributed by atoms with E-state index < -0.39 is 18.5 Å². The Morgan fingerprint density at radius 2 is 1.89 bits per heavy atom. The van der Waals surface area contributed by atoms with Crippen LogP contribution in [0.4, 0.5) is 9.52 Å². The minimum Gasteiger partial charge on any atom is -0.488 e. The van der Waals surface area contributed by atoms with Crippen molar-refractivity contribution in [3.63, 3.8) is 0 Å². The molecule has 0 aliphatic heterocycles. The Labute approximate surface area is 172 Å². The normalized spacial score (nSPS) is 10.4. The standard InChI is InChI=1S/C19H14BrFN2O4S/c20-16-9-22-19(28-16)23-17(24)11-27-18(25)14-3-1-2-4-15(14)26-10-12-5-7-13(21)8-6-12/h1-9H,10-11H2,(H,22,23,24). The van der Waals surface area contributed by atoms with Gasteiger partial charge >= 0.3 is 5.97 Å². The van der Waals surface area contributed by atoms with Gasteiger partial charge in [0.25, 0.3) is 5.91 Å². The smallest absolute Gasteiger partial charge is 0.342 e. The van der Waals surface area contributed by atoms with Crippen LogP contribution in [0.15, 0.2) is 58.5 Å². The number of nitrogens with one attached hydrogen (secondary N) is 1. The van der Waals surface area contributed by atoms with Crippen molar-refractivity contribution in [1.82, 2.24) is 4.98 Å². The van der Waals surface area contributed by atoms with Crippen molar-refractivity contribution < 1.29 is 23.5 Å². The van der Waals surface area contributed by atoms with Crippen LogP contribution in [0.5, 0.6) is 5.75 Å². The summed E-state index contributed by atoms with van der Waals surface area (Å²) in [4.78, 5) is 28.2. The lowest BCUT2D eigenvalue weighted by Gasteiger charge is -2.11. The maximum absolute atomic E-state index is 13.0. The first-order chi connectivity index (χ1) is 13.5. The third kappa shape index (κ3) is 5.61. The van der Waals surface area contributed by atoms with E-state index in [1.165, 1.54) is 29.5 Å². The summed E-state index contributed by atoms with van der Waals surface area (Å²) in [6, 6.07) is 12.4. The lowest BCUT2D eigenvalue weighted by molar-refractivity contribution is -0.119. The van der Waals surface area contributed by atoms with Crippen molar-refractivity contribution in [2.75, 3.05) is 11.9 Å². The van der Waals surface area contributed by atoms with E-state index in [0.29, 0.717) is 10.9 Å². The first-order valence-electron chi connectivity index (χ1n) is 8.06. The van der Waals surface area contributed by atoms with Crippen LogP contribution in [0.1, 0.15) is 15.9 Å². The Kier molecular flexibility index (Phi) is 6.72. The number of hydrogen-bond acceptors (Lipinski definition) is 6. The van der Waals surface area contributed by atoms with Gasteiger partial charge < -0.3 is 9.47 Å². The number of ether oxygens (including phenoxy) is 2. The number of anilines is 1. The summed E-state index contributed by atoms with van der Waals surface area (Å²) in [5.74, 6) is -1.22. The van der Waals surface area contributed by atoms with E-state index in [1.807, 2.05) is 0 Å². The number of thiazole rings is 1. The molecule has 3 aromatic rings. The van der Waals surface area contributed by atoms with E-state index in [-0.39, 0.29) is 18.0 Å². The highest BCUT2D eigenvalue weighted by Crippen LogP contribution is 2.23. The number of hydrogen-bond donors (Lipinski definition) is 1. The summed E-state index contributed by atoms with van der Waals surface area (Å²) in [6.45, 7) is -0.299. The molecule has 0 aliphatic rings. The topological polar surface area (TPSA) is 77.5 Å². The molecule has 28 heavy (non-hydrogen) atoms.